The van der Waals surface area contributed by atoms with Gasteiger partial charge in [0.1, 0.15) is 12.7 Å². The maximum absolute atomic E-state index is 4.16. The molecule has 1 N–H and O–H groups in total. The average Bonchev–Trinajstić information content (AvgIpc) is 2.86. The van der Waals surface area contributed by atoms with Gasteiger partial charge in [-0.15, -0.1) is 0 Å². The topological polar surface area (TPSA) is 53.9 Å². The molecule has 1 aliphatic heterocycles. The van der Waals surface area contributed by atoms with Crippen molar-refractivity contribution in [1.29, 1.82) is 0 Å². The predicted octanol–water partition coefficient (Wildman–Crippen LogP) is 2.90. The SMILES string of the molecule is c1ccc([C@H](CNc2ncncn2)N2CCCCCC2)cc1. The van der Waals surface area contributed by atoms with Crippen LogP contribution in [0.3, 0.4) is 0 Å². The molecular weight excluding hydrogens is 274 g/mol. The van der Waals surface area contributed by atoms with E-state index in [2.05, 4.69) is 55.5 Å². The van der Waals surface area contributed by atoms with Crippen molar-refractivity contribution in [2.75, 3.05) is 25.0 Å². The molecule has 1 aromatic heterocycles. The summed E-state index contributed by atoms with van der Waals surface area (Å²) in [5.41, 5.74) is 1.35. The number of nitrogens with one attached hydrogen (secondary N) is 1. The van der Waals surface area contributed by atoms with Gasteiger partial charge in [0.2, 0.25) is 5.95 Å². The summed E-state index contributed by atoms with van der Waals surface area (Å²) >= 11 is 0. The standard InChI is InChI=1S/C17H23N5/c1-2-7-11-22(10-6-1)16(15-8-4-3-5-9-15)12-19-17-20-13-18-14-21-17/h3-5,8-9,13-14,16H,1-2,6-7,10-12H2,(H,18,19,20,21)/t16-/m0/s1. The second-order valence-corrected chi connectivity index (χ2v) is 5.72. The van der Waals surface area contributed by atoms with Gasteiger partial charge in [0.05, 0.1) is 6.04 Å². The molecular formula is C17H23N5. The van der Waals surface area contributed by atoms with Crippen LogP contribution in [0.4, 0.5) is 5.95 Å². The zero-order valence-corrected chi connectivity index (χ0v) is 12.9. The molecule has 0 amide bonds. The molecule has 0 spiro atoms. The molecule has 0 aliphatic carbocycles. The highest BCUT2D eigenvalue weighted by Gasteiger charge is 2.21. The van der Waals surface area contributed by atoms with E-state index >= 15 is 0 Å². The van der Waals surface area contributed by atoms with Crippen LogP contribution in [0.2, 0.25) is 0 Å². The minimum Gasteiger partial charge on any atom is -0.352 e. The van der Waals surface area contributed by atoms with E-state index in [-0.39, 0.29) is 0 Å². The lowest BCUT2D eigenvalue weighted by atomic mass is 10.0. The summed E-state index contributed by atoms with van der Waals surface area (Å²) < 4.78 is 0. The average molecular weight is 297 g/mol. The Morgan fingerprint density at radius 2 is 1.64 bits per heavy atom. The smallest absolute Gasteiger partial charge is 0.225 e. The first-order chi connectivity index (χ1) is 10.9. The van der Waals surface area contributed by atoms with Crippen molar-refractivity contribution in [3.05, 3.63) is 48.5 Å². The first-order valence-corrected chi connectivity index (χ1v) is 8.08. The Morgan fingerprint density at radius 3 is 2.32 bits per heavy atom. The van der Waals surface area contributed by atoms with Crippen molar-refractivity contribution < 1.29 is 0 Å². The van der Waals surface area contributed by atoms with Crippen molar-refractivity contribution in [3.8, 4) is 0 Å². The van der Waals surface area contributed by atoms with Gasteiger partial charge < -0.3 is 5.32 Å². The molecule has 1 fully saturated rings. The van der Waals surface area contributed by atoms with Crippen molar-refractivity contribution >= 4 is 5.95 Å². The zero-order valence-electron chi connectivity index (χ0n) is 12.9. The van der Waals surface area contributed by atoms with E-state index in [1.807, 2.05) is 0 Å². The highest BCUT2D eigenvalue weighted by Crippen LogP contribution is 2.24. The Hall–Kier alpha value is -2.01. The van der Waals surface area contributed by atoms with Crippen LogP contribution in [0.1, 0.15) is 37.3 Å². The third-order valence-electron chi connectivity index (χ3n) is 4.21. The van der Waals surface area contributed by atoms with E-state index in [0.29, 0.717) is 12.0 Å². The van der Waals surface area contributed by atoms with Gasteiger partial charge in [-0.2, -0.15) is 0 Å². The maximum atomic E-state index is 4.16. The predicted molar refractivity (Wildman–Crippen MR) is 87.5 cm³/mol. The number of hydrogen-bond acceptors (Lipinski definition) is 5. The fraction of sp³-hybridized carbons (Fsp3) is 0.471. The summed E-state index contributed by atoms with van der Waals surface area (Å²) in [5, 5.41) is 3.36. The van der Waals surface area contributed by atoms with Crippen molar-refractivity contribution in [3.63, 3.8) is 0 Å². The molecule has 0 unspecified atom stereocenters. The lowest BCUT2D eigenvalue weighted by Crippen LogP contribution is -2.34. The number of likely N-dealkylation sites (tertiary alicyclic amines) is 1. The molecule has 2 heterocycles. The van der Waals surface area contributed by atoms with Crippen LogP contribution in [0.5, 0.6) is 0 Å². The Bertz CT molecular complexity index is 537. The van der Waals surface area contributed by atoms with Gasteiger partial charge in [-0.05, 0) is 31.5 Å². The quantitative estimate of drug-likeness (QED) is 0.919. The molecule has 116 valence electrons. The largest absolute Gasteiger partial charge is 0.352 e. The van der Waals surface area contributed by atoms with E-state index in [0.717, 1.165) is 6.54 Å². The van der Waals surface area contributed by atoms with Crippen LogP contribution >= 0.6 is 0 Å². The summed E-state index contributed by atoms with van der Waals surface area (Å²) in [4.78, 5) is 14.8. The molecule has 1 aromatic carbocycles. The number of anilines is 1. The third kappa shape index (κ3) is 4.01. The Balaban J connectivity index is 1.73. The summed E-state index contributed by atoms with van der Waals surface area (Å²) in [6.07, 6.45) is 8.32. The Morgan fingerprint density at radius 1 is 0.955 bits per heavy atom. The number of nitrogens with zero attached hydrogens (tertiary/aromatic N) is 4. The number of benzene rings is 1. The summed E-state index contributed by atoms with van der Waals surface area (Å²) in [5.74, 6) is 0.644. The van der Waals surface area contributed by atoms with Crippen molar-refractivity contribution in [2.45, 2.75) is 31.7 Å². The van der Waals surface area contributed by atoms with Gasteiger partial charge in [0.25, 0.3) is 0 Å². The molecule has 1 aliphatic rings. The fourth-order valence-corrected chi connectivity index (χ4v) is 3.06. The zero-order chi connectivity index (χ0) is 15.0. The monoisotopic (exact) mass is 297 g/mol. The molecule has 3 rings (SSSR count). The third-order valence-corrected chi connectivity index (χ3v) is 4.21. The molecule has 5 nitrogen and oxygen atoms in total. The minimum absolute atomic E-state index is 0.357. The van der Waals surface area contributed by atoms with Gasteiger partial charge in [-0.1, -0.05) is 43.2 Å². The second kappa shape index (κ2) is 7.84. The molecule has 0 bridgehead atoms. The van der Waals surface area contributed by atoms with Crippen molar-refractivity contribution in [2.24, 2.45) is 0 Å². The normalized spacial score (nSPS) is 17.6. The summed E-state index contributed by atoms with van der Waals surface area (Å²) in [7, 11) is 0. The Labute approximate surface area is 131 Å². The maximum Gasteiger partial charge on any atom is 0.225 e. The van der Waals surface area contributed by atoms with E-state index in [9.17, 15) is 0 Å². The summed E-state index contributed by atoms with van der Waals surface area (Å²) in [6, 6.07) is 11.1. The fourth-order valence-electron chi connectivity index (χ4n) is 3.06. The first kappa shape index (κ1) is 14.9. The molecule has 2 aromatic rings. The van der Waals surface area contributed by atoms with Crippen LogP contribution in [0, 0.1) is 0 Å². The van der Waals surface area contributed by atoms with Gasteiger partial charge in [-0.3, -0.25) is 4.90 Å². The molecule has 0 saturated carbocycles. The lowest BCUT2D eigenvalue weighted by Gasteiger charge is -2.31. The van der Waals surface area contributed by atoms with Gasteiger partial charge in [0.15, 0.2) is 0 Å². The first-order valence-electron chi connectivity index (χ1n) is 8.08. The van der Waals surface area contributed by atoms with Crippen molar-refractivity contribution in [1.82, 2.24) is 19.9 Å². The number of hydrogen-bond donors (Lipinski definition) is 1. The van der Waals surface area contributed by atoms with Gasteiger partial charge in [0, 0.05) is 6.54 Å². The second-order valence-electron chi connectivity index (χ2n) is 5.72. The summed E-state index contributed by atoms with van der Waals surface area (Å²) in [6.45, 7) is 3.14. The van der Waals surface area contributed by atoms with E-state index < -0.39 is 0 Å². The molecule has 5 heteroatoms. The molecule has 0 radical (unpaired) electrons. The van der Waals surface area contributed by atoms with E-state index in [1.165, 1.54) is 57.0 Å². The minimum atomic E-state index is 0.357. The Kier molecular flexibility index (Phi) is 5.32. The van der Waals surface area contributed by atoms with E-state index in [1.54, 1.807) is 0 Å². The van der Waals surface area contributed by atoms with E-state index in [4.69, 9.17) is 0 Å². The van der Waals surface area contributed by atoms with Crippen LogP contribution in [-0.2, 0) is 0 Å². The molecule has 1 atom stereocenters. The van der Waals surface area contributed by atoms with Crippen LogP contribution in [-0.4, -0.2) is 39.5 Å². The highest BCUT2D eigenvalue weighted by molar-refractivity contribution is 5.25. The highest BCUT2D eigenvalue weighted by atomic mass is 15.2. The van der Waals surface area contributed by atoms with Crippen LogP contribution in [0.25, 0.3) is 0 Å². The molecule has 1 saturated heterocycles. The van der Waals surface area contributed by atoms with Gasteiger partial charge in [-0.25, -0.2) is 15.0 Å². The van der Waals surface area contributed by atoms with Crippen LogP contribution < -0.4 is 5.32 Å². The van der Waals surface area contributed by atoms with Gasteiger partial charge >= 0.3 is 0 Å². The van der Waals surface area contributed by atoms with Crippen LogP contribution in [0.15, 0.2) is 43.0 Å². The number of aromatic nitrogens is 3. The lowest BCUT2D eigenvalue weighted by molar-refractivity contribution is 0.213. The number of rotatable bonds is 5. The molecule has 22 heavy (non-hydrogen) atoms.